The number of rotatable bonds is 7. The minimum atomic E-state index is -1.10. The fraction of sp³-hybridized carbons (Fsp3) is 0.200. The van der Waals surface area contributed by atoms with Gasteiger partial charge in [-0.05, 0) is 31.2 Å². The number of anilines is 1. The number of aromatic nitrogens is 1. The van der Waals surface area contributed by atoms with Crippen molar-refractivity contribution in [1.29, 1.82) is 0 Å². The zero-order valence-electron chi connectivity index (χ0n) is 14.4. The van der Waals surface area contributed by atoms with Crippen molar-refractivity contribution < 1.29 is 19.4 Å². The Hall–Kier alpha value is -3.28. The van der Waals surface area contributed by atoms with Gasteiger partial charge in [-0.25, -0.2) is 4.79 Å². The van der Waals surface area contributed by atoms with Crippen LogP contribution in [0.3, 0.4) is 0 Å². The lowest BCUT2D eigenvalue weighted by molar-refractivity contribution is 0.0697. The molecule has 0 spiro atoms. The minimum absolute atomic E-state index is 0.0148. The molecule has 3 rings (SSSR count). The van der Waals surface area contributed by atoms with Crippen LogP contribution in [0.1, 0.15) is 22.5 Å². The summed E-state index contributed by atoms with van der Waals surface area (Å²) in [4.78, 5) is 15.8. The summed E-state index contributed by atoms with van der Waals surface area (Å²) in [5.41, 5.74) is 7.29. The van der Waals surface area contributed by atoms with Crippen molar-refractivity contribution in [3.05, 3.63) is 59.8 Å². The number of hydrogen-bond donors (Lipinski definition) is 2. The smallest absolute Gasteiger partial charge is 0.339 e. The van der Waals surface area contributed by atoms with Crippen LogP contribution in [0.5, 0.6) is 11.5 Å². The van der Waals surface area contributed by atoms with Gasteiger partial charge in [0, 0.05) is 6.42 Å². The highest BCUT2D eigenvalue weighted by atomic mass is 16.5. The van der Waals surface area contributed by atoms with Gasteiger partial charge in [-0.2, -0.15) is 0 Å². The molecule has 2 aromatic carbocycles. The molecular formula is C20H20N2O4. The molecule has 0 fully saturated rings. The topological polar surface area (TPSA) is 94.7 Å². The van der Waals surface area contributed by atoms with Crippen molar-refractivity contribution in [2.75, 3.05) is 18.9 Å². The third-order valence-electron chi connectivity index (χ3n) is 3.96. The SMILES string of the molecule is Cc1nc2cccc(OCCCOc3ccccc3)c2c(N)c1C(=O)O. The average Bonchev–Trinajstić information content (AvgIpc) is 2.61. The molecule has 0 atom stereocenters. The first kappa shape index (κ1) is 17.5. The van der Waals surface area contributed by atoms with Gasteiger partial charge >= 0.3 is 5.97 Å². The van der Waals surface area contributed by atoms with Gasteiger partial charge in [0.2, 0.25) is 0 Å². The lowest BCUT2D eigenvalue weighted by Gasteiger charge is -2.14. The highest BCUT2D eigenvalue weighted by Gasteiger charge is 2.18. The number of carbonyl (C=O) groups is 1. The zero-order valence-corrected chi connectivity index (χ0v) is 14.4. The van der Waals surface area contributed by atoms with Gasteiger partial charge < -0.3 is 20.3 Å². The molecule has 3 N–H and O–H groups in total. The number of fused-ring (bicyclic) bond motifs is 1. The van der Waals surface area contributed by atoms with Crippen LogP contribution in [0.4, 0.5) is 5.69 Å². The summed E-state index contributed by atoms with van der Waals surface area (Å²) in [7, 11) is 0. The second-order valence-corrected chi connectivity index (χ2v) is 5.80. The number of para-hydroxylation sites is 1. The van der Waals surface area contributed by atoms with Gasteiger partial charge in [0.25, 0.3) is 0 Å². The van der Waals surface area contributed by atoms with Crippen LogP contribution in [0.25, 0.3) is 10.9 Å². The van der Waals surface area contributed by atoms with E-state index in [2.05, 4.69) is 4.98 Å². The summed E-state index contributed by atoms with van der Waals surface area (Å²) in [6.07, 6.45) is 0.677. The number of aryl methyl sites for hydroxylation is 1. The number of pyridine rings is 1. The van der Waals surface area contributed by atoms with E-state index in [9.17, 15) is 9.90 Å². The molecule has 0 saturated carbocycles. The third kappa shape index (κ3) is 3.69. The number of aromatic carboxylic acids is 1. The predicted molar refractivity (Wildman–Crippen MR) is 99.9 cm³/mol. The molecule has 0 aliphatic heterocycles. The quantitative estimate of drug-likeness (QED) is 0.630. The maximum absolute atomic E-state index is 11.5. The molecule has 0 radical (unpaired) electrons. The van der Waals surface area contributed by atoms with Gasteiger partial charge in [0.15, 0.2) is 0 Å². The van der Waals surface area contributed by atoms with E-state index in [1.54, 1.807) is 19.1 Å². The Balaban J connectivity index is 1.71. The Kier molecular flexibility index (Phi) is 5.22. The van der Waals surface area contributed by atoms with Gasteiger partial charge in [-0.1, -0.05) is 24.3 Å². The average molecular weight is 352 g/mol. The van der Waals surface area contributed by atoms with E-state index in [1.807, 2.05) is 36.4 Å². The van der Waals surface area contributed by atoms with E-state index < -0.39 is 5.97 Å². The number of nitrogens with two attached hydrogens (primary N) is 1. The first-order valence-corrected chi connectivity index (χ1v) is 8.30. The van der Waals surface area contributed by atoms with Crippen molar-refractivity contribution >= 4 is 22.6 Å². The van der Waals surface area contributed by atoms with Crippen LogP contribution in [-0.4, -0.2) is 29.3 Å². The second kappa shape index (κ2) is 7.74. The Labute approximate surface area is 151 Å². The van der Waals surface area contributed by atoms with Crippen molar-refractivity contribution in [2.45, 2.75) is 13.3 Å². The van der Waals surface area contributed by atoms with Crippen LogP contribution in [-0.2, 0) is 0 Å². The molecule has 1 aromatic heterocycles. The molecular weight excluding hydrogens is 332 g/mol. The van der Waals surface area contributed by atoms with Crippen molar-refractivity contribution in [2.24, 2.45) is 0 Å². The number of nitrogens with zero attached hydrogens (tertiary/aromatic N) is 1. The van der Waals surface area contributed by atoms with Gasteiger partial charge in [-0.15, -0.1) is 0 Å². The fourth-order valence-electron chi connectivity index (χ4n) is 2.78. The highest BCUT2D eigenvalue weighted by molar-refractivity contribution is 6.06. The number of hydrogen-bond acceptors (Lipinski definition) is 5. The van der Waals surface area contributed by atoms with Crippen LogP contribution >= 0.6 is 0 Å². The molecule has 0 amide bonds. The standard InChI is InChI=1S/C20H20N2O4/c1-13-17(20(23)24)19(21)18-15(22-13)9-5-10-16(18)26-12-6-11-25-14-7-3-2-4-8-14/h2-5,7-10H,6,11-12H2,1H3,(H2,21,22)(H,23,24). The van der Waals surface area contributed by atoms with Gasteiger partial charge in [0.1, 0.15) is 17.1 Å². The Morgan fingerprint density at radius 1 is 1.08 bits per heavy atom. The number of nitrogen functional groups attached to an aromatic ring is 1. The first-order valence-electron chi connectivity index (χ1n) is 8.30. The Bertz CT molecular complexity index is 926. The molecule has 1 heterocycles. The summed E-state index contributed by atoms with van der Waals surface area (Å²) >= 11 is 0. The van der Waals surface area contributed by atoms with Crippen LogP contribution in [0.2, 0.25) is 0 Å². The molecule has 0 unspecified atom stereocenters. The van der Waals surface area contributed by atoms with Crippen molar-refractivity contribution in [1.82, 2.24) is 4.98 Å². The Morgan fingerprint density at radius 2 is 1.81 bits per heavy atom. The molecule has 26 heavy (non-hydrogen) atoms. The Morgan fingerprint density at radius 3 is 2.54 bits per heavy atom. The predicted octanol–water partition coefficient (Wildman–Crippen LogP) is 3.67. The van der Waals surface area contributed by atoms with Crippen molar-refractivity contribution in [3.63, 3.8) is 0 Å². The van der Waals surface area contributed by atoms with Crippen LogP contribution in [0, 0.1) is 6.92 Å². The molecule has 0 aliphatic carbocycles. The lowest BCUT2D eigenvalue weighted by atomic mass is 10.1. The maximum atomic E-state index is 11.5. The largest absolute Gasteiger partial charge is 0.493 e. The van der Waals surface area contributed by atoms with Crippen LogP contribution in [0.15, 0.2) is 48.5 Å². The summed E-state index contributed by atoms with van der Waals surface area (Å²) in [6.45, 7) is 2.57. The van der Waals surface area contributed by atoms with E-state index in [0.717, 1.165) is 5.75 Å². The van der Waals surface area contributed by atoms with Crippen LogP contribution < -0.4 is 15.2 Å². The molecule has 6 heteroatoms. The van der Waals surface area contributed by atoms with Gasteiger partial charge in [0.05, 0.1) is 35.5 Å². The fourth-order valence-corrected chi connectivity index (χ4v) is 2.78. The minimum Gasteiger partial charge on any atom is -0.493 e. The maximum Gasteiger partial charge on any atom is 0.339 e. The summed E-state index contributed by atoms with van der Waals surface area (Å²) in [5, 5.41) is 9.90. The summed E-state index contributed by atoms with van der Waals surface area (Å²) in [5.74, 6) is 0.239. The molecule has 6 nitrogen and oxygen atoms in total. The van der Waals surface area contributed by atoms with E-state index in [-0.39, 0.29) is 11.3 Å². The molecule has 0 saturated heterocycles. The molecule has 0 aliphatic rings. The van der Waals surface area contributed by atoms with E-state index in [0.29, 0.717) is 42.0 Å². The van der Waals surface area contributed by atoms with E-state index in [1.165, 1.54) is 0 Å². The number of carboxylic acids is 1. The third-order valence-corrected chi connectivity index (χ3v) is 3.96. The molecule has 3 aromatic rings. The zero-order chi connectivity index (χ0) is 18.5. The summed E-state index contributed by atoms with van der Waals surface area (Å²) in [6, 6.07) is 14.9. The first-order chi connectivity index (χ1) is 12.6. The highest BCUT2D eigenvalue weighted by Crippen LogP contribution is 2.33. The second-order valence-electron chi connectivity index (χ2n) is 5.80. The van der Waals surface area contributed by atoms with Crippen molar-refractivity contribution in [3.8, 4) is 11.5 Å². The number of benzene rings is 2. The van der Waals surface area contributed by atoms with E-state index >= 15 is 0 Å². The molecule has 0 bridgehead atoms. The lowest BCUT2D eigenvalue weighted by Crippen LogP contribution is -2.09. The summed E-state index contributed by atoms with van der Waals surface area (Å²) < 4.78 is 11.4. The molecule has 134 valence electrons. The number of ether oxygens (including phenoxy) is 2. The number of carboxylic acid groups (broad SMARTS) is 1. The van der Waals surface area contributed by atoms with Gasteiger partial charge in [-0.3, -0.25) is 4.98 Å². The normalized spacial score (nSPS) is 10.7. The van der Waals surface area contributed by atoms with E-state index in [4.69, 9.17) is 15.2 Å². The monoisotopic (exact) mass is 352 g/mol.